The zero-order chi connectivity index (χ0) is 32.4. The molecule has 0 saturated carbocycles. The van der Waals surface area contributed by atoms with Crippen molar-refractivity contribution in [2.24, 2.45) is 0 Å². The fraction of sp³-hybridized carbons (Fsp3) is 0.0952. The lowest BCUT2D eigenvalue weighted by atomic mass is 9.99. The van der Waals surface area contributed by atoms with Crippen LogP contribution in [-0.2, 0) is 0 Å². The number of hydrogen-bond donors (Lipinski definition) is 4. The Morgan fingerprint density at radius 2 is 0.435 bits per heavy atom. The van der Waals surface area contributed by atoms with E-state index in [9.17, 15) is 20.4 Å². The smallest absolute Gasteiger partial charge is 0.109 e. The van der Waals surface area contributed by atoms with Gasteiger partial charge in [-0.1, -0.05) is 194 Å². The Balaban J connectivity index is 0.000000157. The van der Waals surface area contributed by atoms with Gasteiger partial charge in [0.15, 0.2) is 0 Å². The van der Waals surface area contributed by atoms with Crippen LogP contribution < -0.4 is 0 Å². The van der Waals surface area contributed by atoms with Crippen molar-refractivity contribution in [2.45, 2.75) is 24.4 Å². The van der Waals surface area contributed by atoms with E-state index in [1.54, 1.807) is 48.5 Å². The quantitative estimate of drug-likeness (QED) is 0.130. The fourth-order valence-electron chi connectivity index (χ4n) is 4.65. The first kappa shape index (κ1) is 33.8. The van der Waals surface area contributed by atoms with Gasteiger partial charge in [-0.15, -0.1) is 0 Å². The zero-order valence-electron chi connectivity index (χ0n) is 25.6. The van der Waals surface area contributed by atoms with Crippen LogP contribution in [0.5, 0.6) is 0 Å². The van der Waals surface area contributed by atoms with E-state index in [0.29, 0.717) is 0 Å². The Morgan fingerprint density at radius 3 is 0.630 bits per heavy atom. The molecule has 0 aliphatic rings. The lowest BCUT2D eigenvalue weighted by Crippen LogP contribution is -2.09. The van der Waals surface area contributed by atoms with Crippen LogP contribution in [0.2, 0.25) is 0 Å². The van der Waals surface area contributed by atoms with Crippen LogP contribution in [-0.4, -0.2) is 20.4 Å². The fourth-order valence-corrected chi connectivity index (χ4v) is 4.65. The average Bonchev–Trinajstić information content (AvgIpc) is 3.15. The number of aliphatic hydroxyl groups is 4. The van der Waals surface area contributed by atoms with Crippen molar-refractivity contribution in [3.63, 3.8) is 0 Å². The van der Waals surface area contributed by atoms with E-state index in [4.69, 9.17) is 0 Å². The molecule has 6 aromatic carbocycles. The molecule has 0 unspecified atom stereocenters. The van der Waals surface area contributed by atoms with Crippen molar-refractivity contribution in [2.75, 3.05) is 0 Å². The summed E-state index contributed by atoms with van der Waals surface area (Å²) < 4.78 is 0. The SMILES string of the molecule is C(=C\c1ccccc1)/c1ccccc1.O[C@@H](c1ccccc1)[C@@H](O)c1ccccc1.O[C@H](c1ccccc1)[C@H](O)c1ccccc1. The Hall–Kier alpha value is -5.10. The van der Waals surface area contributed by atoms with Crippen LogP contribution >= 0.6 is 0 Å². The van der Waals surface area contributed by atoms with Gasteiger partial charge in [0.1, 0.15) is 24.4 Å². The normalized spacial score (nSPS) is 13.2. The standard InChI is InChI=1S/2C14H14O2.C14H12/c2*15-13(11-7-3-1-4-8-11)14(16)12-9-5-2-6-10-12;1-3-7-13(8-4-1)11-12-14-9-5-2-6-10-14/h2*1-10,13-16H;1-12H/b;;12-11+/t2*13-,14-;/m10./s1. The summed E-state index contributed by atoms with van der Waals surface area (Å²) in [5.41, 5.74) is 5.35. The highest BCUT2D eigenvalue weighted by Gasteiger charge is 2.20. The molecule has 0 fully saturated rings. The van der Waals surface area contributed by atoms with E-state index in [-0.39, 0.29) is 0 Å². The van der Waals surface area contributed by atoms with Gasteiger partial charge in [0.25, 0.3) is 0 Å². The second-order valence-electron chi connectivity index (χ2n) is 10.6. The molecule has 0 aromatic heterocycles. The Bertz CT molecular complexity index is 1450. The highest BCUT2D eigenvalue weighted by atomic mass is 16.3. The molecule has 4 heteroatoms. The highest BCUT2D eigenvalue weighted by Crippen LogP contribution is 2.29. The van der Waals surface area contributed by atoms with Crippen LogP contribution in [0.15, 0.2) is 182 Å². The summed E-state index contributed by atoms with van der Waals surface area (Å²) in [6.45, 7) is 0. The summed E-state index contributed by atoms with van der Waals surface area (Å²) in [7, 11) is 0. The van der Waals surface area contributed by atoms with Crippen molar-refractivity contribution in [1.29, 1.82) is 0 Å². The van der Waals surface area contributed by atoms with Crippen LogP contribution in [0.1, 0.15) is 57.8 Å². The highest BCUT2D eigenvalue weighted by molar-refractivity contribution is 5.69. The molecule has 4 nitrogen and oxygen atoms in total. The van der Waals surface area contributed by atoms with Crippen LogP contribution in [0.3, 0.4) is 0 Å². The number of hydrogen-bond acceptors (Lipinski definition) is 4. The van der Waals surface area contributed by atoms with Gasteiger partial charge in [0.2, 0.25) is 0 Å². The molecule has 0 radical (unpaired) electrons. The summed E-state index contributed by atoms with van der Waals surface area (Å²) in [6.07, 6.45) is 0.699. The minimum absolute atomic E-state index is 0.721. The van der Waals surface area contributed by atoms with E-state index >= 15 is 0 Å². The molecule has 0 heterocycles. The Kier molecular flexibility index (Phi) is 13.7. The van der Waals surface area contributed by atoms with Gasteiger partial charge in [-0.25, -0.2) is 0 Å². The molecule has 46 heavy (non-hydrogen) atoms. The predicted octanol–water partition coefficient (Wildman–Crippen LogP) is 8.76. The third-order valence-corrected chi connectivity index (χ3v) is 7.23. The van der Waals surface area contributed by atoms with Gasteiger partial charge < -0.3 is 20.4 Å². The summed E-state index contributed by atoms with van der Waals surface area (Å²) in [4.78, 5) is 0. The summed E-state index contributed by atoms with van der Waals surface area (Å²) in [5, 5.41) is 40.0. The number of benzene rings is 6. The van der Waals surface area contributed by atoms with Crippen LogP contribution in [0, 0.1) is 0 Å². The monoisotopic (exact) mass is 608 g/mol. The first-order valence-corrected chi connectivity index (χ1v) is 15.2. The van der Waals surface area contributed by atoms with Gasteiger partial charge in [-0.2, -0.15) is 0 Å². The van der Waals surface area contributed by atoms with Gasteiger partial charge in [0, 0.05) is 0 Å². The predicted molar refractivity (Wildman–Crippen MR) is 187 cm³/mol. The molecule has 232 valence electrons. The molecular formula is C42H40O4. The Morgan fingerprint density at radius 1 is 0.261 bits per heavy atom. The largest absolute Gasteiger partial charge is 0.385 e. The summed E-state index contributed by atoms with van der Waals surface area (Å²) in [6, 6.07) is 57.3. The molecule has 4 N–H and O–H groups in total. The van der Waals surface area contributed by atoms with Crippen molar-refractivity contribution >= 4 is 12.2 Å². The first-order valence-electron chi connectivity index (χ1n) is 15.2. The molecule has 4 atom stereocenters. The second-order valence-corrected chi connectivity index (χ2v) is 10.6. The lowest BCUT2D eigenvalue weighted by Gasteiger charge is -2.18. The Labute approximate surface area is 271 Å². The van der Waals surface area contributed by atoms with E-state index in [2.05, 4.69) is 36.4 Å². The molecule has 0 amide bonds. The van der Waals surface area contributed by atoms with E-state index in [1.165, 1.54) is 11.1 Å². The van der Waals surface area contributed by atoms with E-state index in [1.807, 2.05) is 109 Å². The van der Waals surface area contributed by atoms with Crippen LogP contribution in [0.4, 0.5) is 0 Å². The summed E-state index contributed by atoms with van der Waals surface area (Å²) >= 11 is 0. The molecular weight excluding hydrogens is 568 g/mol. The number of aliphatic hydroxyl groups excluding tert-OH is 4. The van der Waals surface area contributed by atoms with Gasteiger partial charge in [-0.05, 0) is 33.4 Å². The minimum Gasteiger partial charge on any atom is -0.385 e. The third-order valence-electron chi connectivity index (χ3n) is 7.23. The maximum atomic E-state index is 9.99. The molecule has 0 aliphatic heterocycles. The van der Waals surface area contributed by atoms with Crippen molar-refractivity contribution in [3.8, 4) is 0 Å². The molecule has 0 saturated heterocycles. The lowest BCUT2D eigenvalue weighted by molar-refractivity contribution is 0.0172. The molecule has 6 rings (SSSR count). The molecule has 0 spiro atoms. The first-order chi connectivity index (χ1) is 22.5. The van der Waals surface area contributed by atoms with Crippen molar-refractivity contribution < 1.29 is 20.4 Å². The average molecular weight is 609 g/mol. The topological polar surface area (TPSA) is 80.9 Å². The molecule has 0 bridgehead atoms. The van der Waals surface area contributed by atoms with Crippen LogP contribution in [0.25, 0.3) is 12.2 Å². The maximum Gasteiger partial charge on any atom is 0.109 e. The zero-order valence-corrected chi connectivity index (χ0v) is 25.6. The second kappa shape index (κ2) is 18.6. The van der Waals surface area contributed by atoms with E-state index < -0.39 is 24.4 Å². The molecule has 0 aliphatic carbocycles. The number of rotatable bonds is 8. The third kappa shape index (κ3) is 10.8. The van der Waals surface area contributed by atoms with Gasteiger partial charge >= 0.3 is 0 Å². The molecule has 6 aromatic rings. The van der Waals surface area contributed by atoms with Crippen molar-refractivity contribution in [1.82, 2.24) is 0 Å². The van der Waals surface area contributed by atoms with Gasteiger partial charge in [0.05, 0.1) is 0 Å². The van der Waals surface area contributed by atoms with Gasteiger partial charge in [-0.3, -0.25) is 0 Å². The minimum atomic E-state index is -0.886. The maximum absolute atomic E-state index is 9.99. The van der Waals surface area contributed by atoms with E-state index in [0.717, 1.165) is 22.3 Å². The summed E-state index contributed by atoms with van der Waals surface area (Å²) in [5.74, 6) is 0. The van der Waals surface area contributed by atoms with Crippen molar-refractivity contribution in [3.05, 3.63) is 215 Å².